The second-order valence-electron chi connectivity index (χ2n) is 8.34. The van der Waals surface area contributed by atoms with Crippen LogP contribution in [-0.4, -0.2) is 55.1 Å². The third-order valence-corrected chi connectivity index (χ3v) is 8.15. The van der Waals surface area contributed by atoms with Gasteiger partial charge in [-0.2, -0.15) is 4.31 Å². The molecule has 0 aliphatic heterocycles. The van der Waals surface area contributed by atoms with Crippen molar-refractivity contribution < 1.29 is 18.0 Å². The first-order valence-electron chi connectivity index (χ1n) is 10.9. The number of carbonyl (C=O) groups is 2. The van der Waals surface area contributed by atoms with Gasteiger partial charge in [0.05, 0.1) is 21.5 Å². The molecule has 0 aliphatic carbocycles. The molecule has 0 aromatic heterocycles. The van der Waals surface area contributed by atoms with Crippen molar-refractivity contribution in [1.82, 2.24) is 14.5 Å². The molecule has 0 bridgehead atoms. The van der Waals surface area contributed by atoms with Crippen molar-refractivity contribution in [2.45, 2.75) is 57.6 Å². The van der Waals surface area contributed by atoms with Crippen LogP contribution in [0.15, 0.2) is 47.4 Å². The van der Waals surface area contributed by atoms with Gasteiger partial charge in [0.25, 0.3) is 0 Å². The fourth-order valence-electron chi connectivity index (χ4n) is 3.14. The van der Waals surface area contributed by atoms with Crippen molar-refractivity contribution in [2.75, 3.05) is 13.6 Å². The Morgan fingerprint density at radius 1 is 1.03 bits per heavy atom. The zero-order valence-corrected chi connectivity index (χ0v) is 22.3. The Morgan fingerprint density at radius 3 is 2.21 bits per heavy atom. The molecule has 10 heteroatoms. The molecule has 2 aromatic carbocycles. The predicted molar refractivity (Wildman–Crippen MR) is 135 cm³/mol. The second-order valence-corrected chi connectivity index (χ2v) is 11.2. The number of nitrogens with one attached hydrogen (secondary N) is 1. The normalized spacial score (nSPS) is 13.4. The molecule has 7 nitrogen and oxygen atoms in total. The van der Waals surface area contributed by atoms with Gasteiger partial charge in [0.2, 0.25) is 21.8 Å². The van der Waals surface area contributed by atoms with Gasteiger partial charge >= 0.3 is 0 Å². The molecule has 2 amide bonds. The van der Waals surface area contributed by atoms with Gasteiger partial charge in [0.15, 0.2) is 0 Å². The fourth-order valence-corrected chi connectivity index (χ4v) is 4.58. The van der Waals surface area contributed by atoms with Gasteiger partial charge in [-0.25, -0.2) is 8.42 Å². The van der Waals surface area contributed by atoms with Crippen LogP contribution in [0.3, 0.4) is 0 Å². The van der Waals surface area contributed by atoms with E-state index in [1.165, 1.54) is 24.1 Å². The maximum absolute atomic E-state index is 13.3. The molecule has 2 rings (SSSR count). The van der Waals surface area contributed by atoms with Crippen molar-refractivity contribution >= 4 is 45.0 Å². The Labute approximate surface area is 212 Å². The number of benzene rings is 2. The van der Waals surface area contributed by atoms with Gasteiger partial charge in [-0.15, -0.1) is 0 Å². The highest BCUT2D eigenvalue weighted by molar-refractivity contribution is 7.89. The summed E-state index contributed by atoms with van der Waals surface area (Å²) in [5.74, 6) is -0.845. The maximum Gasteiger partial charge on any atom is 0.243 e. The number of carbonyl (C=O) groups excluding carboxylic acids is 2. The molecule has 1 N–H and O–H groups in total. The number of nitrogens with zero attached hydrogens (tertiary/aromatic N) is 2. The molecule has 34 heavy (non-hydrogen) atoms. The number of halogens is 2. The van der Waals surface area contributed by atoms with Crippen LogP contribution in [0.5, 0.6) is 0 Å². The summed E-state index contributed by atoms with van der Waals surface area (Å²) in [5.41, 5.74) is 1.58. The van der Waals surface area contributed by atoms with Gasteiger partial charge in [0, 0.05) is 19.6 Å². The first-order chi connectivity index (χ1) is 15.9. The van der Waals surface area contributed by atoms with Crippen LogP contribution >= 0.6 is 23.2 Å². The molecule has 2 aromatic rings. The summed E-state index contributed by atoms with van der Waals surface area (Å²) >= 11 is 12.1. The number of aryl methyl sites for hydroxylation is 1. The SMILES string of the molecule is CC[C@H](C)NC(=O)[C@@H](C)N(Cc1ccc(Cl)c(Cl)c1)C(=O)CN(C)S(=O)(=O)c1ccc(C)cc1. The van der Waals surface area contributed by atoms with E-state index in [2.05, 4.69) is 5.32 Å². The van der Waals surface area contributed by atoms with Gasteiger partial charge in [-0.05, 0) is 57.0 Å². The van der Waals surface area contributed by atoms with Crippen molar-refractivity contribution in [1.29, 1.82) is 0 Å². The summed E-state index contributed by atoms with van der Waals surface area (Å²) in [7, 11) is -2.55. The molecule has 0 saturated heterocycles. The lowest BCUT2D eigenvalue weighted by molar-refractivity contribution is -0.140. The van der Waals surface area contributed by atoms with Crippen LogP contribution in [0.1, 0.15) is 38.3 Å². The topological polar surface area (TPSA) is 86.8 Å². The average molecular weight is 529 g/mol. The van der Waals surface area contributed by atoms with Crippen LogP contribution in [0.25, 0.3) is 0 Å². The summed E-state index contributed by atoms with van der Waals surface area (Å²) in [6, 6.07) is 10.4. The van der Waals surface area contributed by atoms with Gasteiger partial charge in [-0.1, -0.05) is 53.9 Å². The lowest BCUT2D eigenvalue weighted by Gasteiger charge is -2.31. The van der Waals surface area contributed by atoms with Gasteiger partial charge in [-0.3, -0.25) is 9.59 Å². The summed E-state index contributed by atoms with van der Waals surface area (Å²) in [6.45, 7) is 6.91. The van der Waals surface area contributed by atoms with E-state index < -0.39 is 28.5 Å². The van der Waals surface area contributed by atoms with Crippen molar-refractivity contribution in [3.63, 3.8) is 0 Å². The molecule has 0 heterocycles. The highest BCUT2D eigenvalue weighted by Gasteiger charge is 2.30. The lowest BCUT2D eigenvalue weighted by atomic mass is 10.1. The van der Waals surface area contributed by atoms with E-state index in [-0.39, 0.29) is 23.4 Å². The summed E-state index contributed by atoms with van der Waals surface area (Å²) < 4.78 is 26.9. The van der Waals surface area contributed by atoms with Crippen LogP contribution in [0.2, 0.25) is 10.0 Å². The lowest BCUT2D eigenvalue weighted by Crippen LogP contribution is -2.51. The Bertz CT molecular complexity index is 1120. The van der Waals surface area contributed by atoms with Crippen LogP contribution in [0.4, 0.5) is 0 Å². The van der Waals surface area contributed by atoms with E-state index in [9.17, 15) is 18.0 Å². The molecule has 0 saturated carbocycles. The number of amides is 2. The standard InChI is InChI=1S/C24H31Cl2N3O4S/c1-6-17(3)27-24(31)18(4)29(14-19-9-12-21(25)22(26)13-19)23(30)15-28(5)34(32,33)20-10-7-16(2)8-11-20/h7-13,17-18H,6,14-15H2,1-5H3,(H,27,31)/t17-,18+/m0/s1. The van der Waals surface area contributed by atoms with E-state index >= 15 is 0 Å². The molecular weight excluding hydrogens is 497 g/mol. The predicted octanol–water partition coefficient (Wildman–Crippen LogP) is 4.25. The highest BCUT2D eigenvalue weighted by Crippen LogP contribution is 2.24. The minimum atomic E-state index is -3.89. The zero-order chi connectivity index (χ0) is 25.6. The van der Waals surface area contributed by atoms with Crippen molar-refractivity contribution in [3.05, 3.63) is 63.6 Å². The van der Waals surface area contributed by atoms with E-state index in [0.717, 1.165) is 16.3 Å². The van der Waals surface area contributed by atoms with E-state index in [0.29, 0.717) is 15.6 Å². The fraction of sp³-hybridized carbons (Fsp3) is 0.417. The number of sulfonamides is 1. The number of rotatable bonds is 10. The van der Waals surface area contributed by atoms with Crippen LogP contribution in [-0.2, 0) is 26.2 Å². The molecule has 0 fully saturated rings. The third kappa shape index (κ3) is 7.18. The van der Waals surface area contributed by atoms with E-state index in [1.54, 1.807) is 37.3 Å². The minimum absolute atomic E-state index is 0.0588. The first kappa shape index (κ1) is 28.1. The molecular formula is C24H31Cl2N3O4S. The zero-order valence-electron chi connectivity index (χ0n) is 20.0. The number of hydrogen-bond acceptors (Lipinski definition) is 4. The number of likely N-dealkylation sites (N-methyl/N-ethyl adjacent to an activating group) is 1. The Morgan fingerprint density at radius 2 is 1.65 bits per heavy atom. The quantitative estimate of drug-likeness (QED) is 0.500. The molecule has 0 aliphatic rings. The van der Waals surface area contributed by atoms with Gasteiger partial charge in [0.1, 0.15) is 6.04 Å². The van der Waals surface area contributed by atoms with Crippen molar-refractivity contribution in [3.8, 4) is 0 Å². The maximum atomic E-state index is 13.3. The highest BCUT2D eigenvalue weighted by atomic mass is 35.5. The van der Waals surface area contributed by atoms with Gasteiger partial charge < -0.3 is 10.2 Å². The smallest absolute Gasteiger partial charge is 0.243 e. The van der Waals surface area contributed by atoms with Crippen LogP contribution in [0, 0.1) is 6.92 Å². The molecule has 0 radical (unpaired) electrons. The minimum Gasteiger partial charge on any atom is -0.352 e. The molecule has 0 spiro atoms. The summed E-state index contributed by atoms with van der Waals surface area (Å²) in [4.78, 5) is 27.6. The first-order valence-corrected chi connectivity index (χ1v) is 13.1. The summed E-state index contributed by atoms with van der Waals surface area (Å²) in [6.07, 6.45) is 0.733. The molecule has 0 unspecified atom stereocenters. The average Bonchev–Trinajstić information content (AvgIpc) is 2.79. The molecule has 2 atom stereocenters. The number of hydrogen-bond donors (Lipinski definition) is 1. The monoisotopic (exact) mass is 527 g/mol. The summed E-state index contributed by atoms with van der Waals surface area (Å²) in [5, 5.41) is 3.57. The Kier molecular flexibility index (Phi) is 9.94. The third-order valence-electron chi connectivity index (χ3n) is 5.59. The Hall–Kier alpha value is -2.13. The second kappa shape index (κ2) is 12.0. The molecule has 186 valence electrons. The largest absolute Gasteiger partial charge is 0.352 e. The van der Waals surface area contributed by atoms with E-state index in [1.807, 2.05) is 20.8 Å². The Balaban J connectivity index is 2.30. The van der Waals surface area contributed by atoms with Crippen LogP contribution < -0.4 is 5.32 Å². The van der Waals surface area contributed by atoms with E-state index in [4.69, 9.17) is 23.2 Å². The van der Waals surface area contributed by atoms with Crippen molar-refractivity contribution in [2.24, 2.45) is 0 Å².